The molecule has 1 aliphatic rings. The lowest BCUT2D eigenvalue weighted by Crippen LogP contribution is -2.27. The molecule has 6 aromatic carbocycles. The lowest BCUT2D eigenvalue weighted by Gasteiger charge is -2.23. The first-order valence-corrected chi connectivity index (χ1v) is 17.9. The van der Waals surface area contributed by atoms with Crippen molar-refractivity contribution in [2.45, 2.75) is 32.7 Å². The predicted molar refractivity (Wildman–Crippen MR) is 215 cm³/mol. The van der Waals surface area contributed by atoms with Gasteiger partial charge in [0, 0.05) is 41.3 Å². The summed E-state index contributed by atoms with van der Waals surface area (Å²) in [7, 11) is 0. The third kappa shape index (κ3) is 5.84. The maximum atomic E-state index is 6.85. The van der Waals surface area contributed by atoms with Crippen molar-refractivity contribution in [2.75, 3.05) is 16.5 Å². The Morgan fingerprint density at radius 3 is 2.12 bits per heavy atom. The van der Waals surface area contributed by atoms with E-state index in [1.54, 1.807) is 0 Å². The van der Waals surface area contributed by atoms with Crippen molar-refractivity contribution >= 4 is 38.9 Å². The zero-order chi connectivity index (χ0) is 35.2. The van der Waals surface area contributed by atoms with Crippen molar-refractivity contribution in [3.63, 3.8) is 0 Å². The van der Waals surface area contributed by atoms with Crippen molar-refractivity contribution in [2.24, 2.45) is 0 Å². The number of benzene rings is 6. The normalized spacial score (nSPS) is 12.8. The van der Waals surface area contributed by atoms with E-state index in [1.165, 1.54) is 27.9 Å². The van der Waals surface area contributed by atoms with Gasteiger partial charge in [-0.25, -0.2) is 4.98 Å². The Morgan fingerprint density at radius 2 is 1.31 bits per heavy atom. The number of anilines is 3. The van der Waals surface area contributed by atoms with Crippen LogP contribution < -0.4 is 14.5 Å². The van der Waals surface area contributed by atoms with E-state index in [9.17, 15) is 0 Å². The molecule has 9 rings (SSSR count). The second-order valence-corrected chi connectivity index (χ2v) is 14.6. The van der Waals surface area contributed by atoms with E-state index in [1.807, 2.05) is 6.20 Å². The third-order valence-electron chi connectivity index (χ3n) is 10.1. The molecule has 0 N–H and O–H groups in total. The molecule has 5 nitrogen and oxygen atoms in total. The number of para-hydroxylation sites is 3. The number of rotatable bonds is 7. The molecule has 0 fully saturated rings. The molecule has 0 spiro atoms. The van der Waals surface area contributed by atoms with Crippen LogP contribution in [-0.4, -0.2) is 16.2 Å². The van der Waals surface area contributed by atoms with Gasteiger partial charge in [-0.3, -0.25) is 4.57 Å². The highest BCUT2D eigenvalue weighted by Crippen LogP contribution is 2.44. The highest BCUT2D eigenvalue weighted by molar-refractivity contribution is 6.09. The molecule has 0 saturated carbocycles. The van der Waals surface area contributed by atoms with Crippen LogP contribution in [0.25, 0.3) is 38.8 Å². The quantitative estimate of drug-likeness (QED) is 0.168. The van der Waals surface area contributed by atoms with Gasteiger partial charge in [0.15, 0.2) is 0 Å². The summed E-state index contributed by atoms with van der Waals surface area (Å²) in [5, 5.41) is 2.35. The molecule has 254 valence electrons. The molecule has 1 aliphatic heterocycles. The zero-order valence-corrected chi connectivity index (χ0v) is 29.7. The number of hydrogen-bond donors (Lipinski definition) is 0. The fourth-order valence-corrected chi connectivity index (χ4v) is 7.44. The van der Waals surface area contributed by atoms with Crippen molar-refractivity contribution in [3.05, 3.63) is 175 Å². The van der Waals surface area contributed by atoms with Gasteiger partial charge < -0.3 is 14.5 Å². The monoisotopic (exact) mass is 676 g/mol. The van der Waals surface area contributed by atoms with Crippen LogP contribution in [0.15, 0.2) is 164 Å². The standard InChI is InChI=1S/C47H40N4O/c1-47(2,3)36-24-25-48-46(28-36)51-42-19-11-10-18-40(42)41-23-22-38(30-45(41)51)52-39-27-35(34-16-8-5-9-17-34)26-37(29-39)50-32-49(31-33-14-6-4-7-15-33)43-20-12-13-21-44(43)50/h4-30H,31-32H2,1-3H3. The Balaban J connectivity index is 1.14. The van der Waals surface area contributed by atoms with Gasteiger partial charge in [0.05, 0.1) is 29.1 Å². The summed E-state index contributed by atoms with van der Waals surface area (Å²) in [5.74, 6) is 2.45. The molecule has 0 amide bonds. The molecule has 2 aromatic heterocycles. The van der Waals surface area contributed by atoms with E-state index >= 15 is 0 Å². The molecule has 0 unspecified atom stereocenters. The molecule has 0 aliphatic carbocycles. The average Bonchev–Trinajstić information content (AvgIpc) is 3.70. The Bertz CT molecular complexity index is 2550. The lowest BCUT2D eigenvalue weighted by atomic mass is 9.88. The van der Waals surface area contributed by atoms with E-state index in [0.717, 1.165) is 63.8 Å². The van der Waals surface area contributed by atoms with Crippen LogP contribution in [0.4, 0.5) is 17.1 Å². The molecule has 0 atom stereocenters. The highest BCUT2D eigenvalue weighted by Gasteiger charge is 2.27. The summed E-state index contributed by atoms with van der Waals surface area (Å²) in [6, 6.07) is 55.8. The largest absolute Gasteiger partial charge is 0.457 e. The fourth-order valence-electron chi connectivity index (χ4n) is 7.44. The summed E-state index contributed by atoms with van der Waals surface area (Å²) in [4.78, 5) is 9.71. The van der Waals surface area contributed by atoms with Gasteiger partial charge in [-0.05, 0) is 82.3 Å². The number of hydrogen-bond acceptors (Lipinski definition) is 4. The molecule has 0 bridgehead atoms. The van der Waals surface area contributed by atoms with Crippen LogP contribution in [0, 0.1) is 0 Å². The van der Waals surface area contributed by atoms with Gasteiger partial charge in [-0.15, -0.1) is 0 Å². The summed E-state index contributed by atoms with van der Waals surface area (Å²) in [5.41, 5.74) is 10.4. The van der Waals surface area contributed by atoms with Crippen molar-refractivity contribution in [1.82, 2.24) is 9.55 Å². The molecule has 8 aromatic rings. The summed E-state index contributed by atoms with van der Waals surface area (Å²) in [6.07, 6.45) is 1.92. The predicted octanol–water partition coefficient (Wildman–Crippen LogP) is 12.1. The Kier molecular flexibility index (Phi) is 7.77. The topological polar surface area (TPSA) is 33.5 Å². The van der Waals surface area contributed by atoms with Crippen molar-refractivity contribution in [3.8, 4) is 28.4 Å². The SMILES string of the molecule is CC(C)(C)c1ccnc(-n2c3ccccc3c3ccc(Oc4cc(-c5ccccc5)cc(N5CN(Cc6ccccc6)c6ccccc65)c4)cc32)c1. The summed E-state index contributed by atoms with van der Waals surface area (Å²) in [6.45, 7) is 8.28. The number of nitrogens with zero attached hydrogens (tertiary/aromatic N) is 4. The molecular weight excluding hydrogens is 637 g/mol. The zero-order valence-electron chi connectivity index (χ0n) is 29.7. The first-order valence-electron chi connectivity index (χ1n) is 17.9. The second kappa shape index (κ2) is 12.8. The van der Waals surface area contributed by atoms with E-state index < -0.39 is 0 Å². The van der Waals surface area contributed by atoms with Crippen LogP contribution in [0.2, 0.25) is 0 Å². The van der Waals surface area contributed by atoms with E-state index in [-0.39, 0.29) is 5.41 Å². The number of fused-ring (bicyclic) bond motifs is 4. The highest BCUT2D eigenvalue weighted by atomic mass is 16.5. The van der Waals surface area contributed by atoms with Crippen LogP contribution in [0.3, 0.4) is 0 Å². The van der Waals surface area contributed by atoms with Gasteiger partial charge in [0.1, 0.15) is 17.3 Å². The van der Waals surface area contributed by atoms with E-state index in [2.05, 4.69) is 193 Å². The molecule has 3 heterocycles. The minimum atomic E-state index is 0.000626. The molecule has 0 saturated heterocycles. The first kappa shape index (κ1) is 31.6. The Morgan fingerprint density at radius 1 is 0.596 bits per heavy atom. The minimum absolute atomic E-state index is 0.000626. The molecule has 0 radical (unpaired) electrons. The molecule has 5 heteroatoms. The minimum Gasteiger partial charge on any atom is -0.457 e. The fraction of sp³-hybridized carbons (Fsp3) is 0.128. The lowest BCUT2D eigenvalue weighted by molar-refractivity contribution is 0.483. The number of aromatic nitrogens is 2. The molecular formula is C47H40N4O. The number of ether oxygens (including phenoxy) is 1. The van der Waals surface area contributed by atoms with Crippen LogP contribution >= 0.6 is 0 Å². The van der Waals surface area contributed by atoms with Gasteiger partial charge in [0.25, 0.3) is 0 Å². The van der Waals surface area contributed by atoms with E-state index in [4.69, 9.17) is 9.72 Å². The number of pyridine rings is 1. The van der Waals surface area contributed by atoms with Crippen molar-refractivity contribution < 1.29 is 4.74 Å². The van der Waals surface area contributed by atoms with Crippen molar-refractivity contribution in [1.29, 1.82) is 0 Å². The van der Waals surface area contributed by atoms with Gasteiger partial charge in [0.2, 0.25) is 0 Å². The second-order valence-electron chi connectivity index (χ2n) is 14.6. The maximum absolute atomic E-state index is 6.85. The Labute approximate surface area is 305 Å². The van der Waals surface area contributed by atoms with Crippen LogP contribution in [0.5, 0.6) is 11.5 Å². The first-order chi connectivity index (χ1) is 25.4. The van der Waals surface area contributed by atoms with Gasteiger partial charge >= 0.3 is 0 Å². The molecule has 52 heavy (non-hydrogen) atoms. The average molecular weight is 677 g/mol. The van der Waals surface area contributed by atoms with Gasteiger partial charge in [-0.2, -0.15) is 0 Å². The van der Waals surface area contributed by atoms with Crippen LogP contribution in [0.1, 0.15) is 31.9 Å². The summed E-state index contributed by atoms with van der Waals surface area (Å²) < 4.78 is 9.12. The van der Waals surface area contributed by atoms with Crippen LogP contribution in [-0.2, 0) is 12.0 Å². The smallest absolute Gasteiger partial charge is 0.137 e. The Hall–Kier alpha value is -6.33. The van der Waals surface area contributed by atoms with Gasteiger partial charge in [-0.1, -0.05) is 112 Å². The third-order valence-corrected chi connectivity index (χ3v) is 10.1. The summed E-state index contributed by atoms with van der Waals surface area (Å²) >= 11 is 0. The maximum Gasteiger partial charge on any atom is 0.137 e. The van der Waals surface area contributed by atoms with E-state index in [0.29, 0.717) is 0 Å².